The molecule has 0 saturated carbocycles. The Bertz CT molecular complexity index is 844. The summed E-state index contributed by atoms with van der Waals surface area (Å²) < 4.78 is 0. The summed E-state index contributed by atoms with van der Waals surface area (Å²) in [7, 11) is 0. The number of amides is 1. The molecule has 1 fully saturated rings. The number of nitrogens with one attached hydrogen (secondary N) is 2. The van der Waals surface area contributed by atoms with E-state index in [1.807, 2.05) is 48.2 Å². The van der Waals surface area contributed by atoms with Crippen LogP contribution in [0.3, 0.4) is 0 Å². The molecule has 1 aliphatic heterocycles. The molecule has 168 valence electrons. The lowest BCUT2D eigenvalue weighted by Gasteiger charge is -2.18. The third-order valence-corrected chi connectivity index (χ3v) is 5.31. The Morgan fingerprint density at radius 1 is 1.13 bits per heavy atom. The quantitative estimate of drug-likeness (QED) is 0.261. The summed E-state index contributed by atoms with van der Waals surface area (Å²) in [6.45, 7) is 5.54. The van der Waals surface area contributed by atoms with Gasteiger partial charge in [-0.05, 0) is 30.0 Å². The SMILES string of the molecule is CCNC(=NCc1cccc(CN2CCCC2=O)c1)NCC(CO)c1ccccc1.I. The zero-order chi connectivity index (χ0) is 21.2. The Kier molecular flexibility index (Phi) is 10.8. The van der Waals surface area contributed by atoms with Gasteiger partial charge in [0.05, 0.1) is 13.2 Å². The number of rotatable bonds is 9. The smallest absolute Gasteiger partial charge is 0.222 e. The van der Waals surface area contributed by atoms with E-state index in [-0.39, 0.29) is 42.4 Å². The van der Waals surface area contributed by atoms with Crippen LogP contribution in [-0.4, -0.2) is 48.1 Å². The maximum Gasteiger partial charge on any atom is 0.222 e. The maximum absolute atomic E-state index is 11.9. The largest absolute Gasteiger partial charge is 0.396 e. The minimum atomic E-state index is 0. The van der Waals surface area contributed by atoms with Crippen molar-refractivity contribution in [1.82, 2.24) is 15.5 Å². The highest BCUT2D eigenvalue weighted by Gasteiger charge is 2.19. The number of halogens is 1. The molecule has 1 heterocycles. The molecular weight excluding hydrogens is 503 g/mol. The molecular formula is C24H33IN4O2. The van der Waals surface area contributed by atoms with Crippen LogP contribution in [0, 0.1) is 0 Å². The molecule has 0 spiro atoms. The van der Waals surface area contributed by atoms with Gasteiger partial charge >= 0.3 is 0 Å². The molecule has 3 rings (SSSR count). The van der Waals surface area contributed by atoms with Crippen LogP contribution in [0.4, 0.5) is 0 Å². The fourth-order valence-electron chi connectivity index (χ4n) is 3.66. The predicted molar refractivity (Wildman–Crippen MR) is 136 cm³/mol. The van der Waals surface area contributed by atoms with E-state index in [1.165, 1.54) is 0 Å². The summed E-state index contributed by atoms with van der Waals surface area (Å²) in [5.41, 5.74) is 3.35. The summed E-state index contributed by atoms with van der Waals surface area (Å²) >= 11 is 0. The van der Waals surface area contributed by atoms with Crippen LogP contribution >= 0.6 is 24.0 Å². The number of carbonyl (C=O) groups excluding carboxylic acids is 1. The van der Waals surface area contributed by atoms with E-state index in [0.29, 0.717) is 26.1 Å². The summed E-state index contributed by atoms with van der Waals surface area (Å²) in [5.74, 6) is 0.984. The molecule has 1 amide bonds. The van der Waals surface area contributed by atoms with Gasteiger partial charge in [-0.15, -0.1) is 24.0 Å². The van der Waals surface area contributed by atoms with Crippen LogP contribution in [0.1, 0.15) is 42.4 Å². The van der Waals surface area contributed by atoms with Crippen molar-refractivity contribution in [2.45, 2.75) is 38.8 Å². The Balaban J connectivity index is 0.00000341. The second-order valence-corrected chi connectivity index (χ2v) is 7.61. The molecule has 0 radical (unpaired) electrons. The van der Waals surface area contributed by atoms with Crippen molar-refractivity contribution in [3.63, 3.8) is 0 Å². The van der Waals surface area contributed by atoms with Crippen LogP contribution in [0.2, 0.25) is 0 Å². The van der Waals surface area contributed by atoms with E-state index >= 15 is 0 Å². The van der Waals surface area contributed by atoms with Gasteiger partial charge in [-0.3, -0.25) is 4.79 Å². The second-order valence-electron chi connectivity index (χ2n) is 7.61. The zero-order valence-electron chi connectivity index (χ0n) is 18.1. The third kappa shape index (κ3) is 7.81. The number of hydrogen-bond donors (Lipinski definition) is 3. The highest BCUT2D eigenvalue weighted by Crippen LogP contribution is 2.16. The number of carbonyl (C=O) groups is 1. The lowest BCUT2D eigenvalue weighted by atomic mass is 10.0. The van der Waals surface area contributed by atoms with Crippen LogP contribution in [0.5, 0.6) is 0 Å². The van der Waals surface area contributed by atoms with E-state index < -0.39 is 0 Å². The van der Waals surface area contributed by atoms with Gasteiger partial charge < -0.3 is 20.6 Å². The average molecular weight is 536 g/mol. The minimum absolute atomic E-state index is 0. The second kappa shape index (κ2) is 13.3. The van der Waals surface area contributed by atoms with Gasteiger partial charge in [-0.1, -0.05) is 54.6 Å². The molecule has 0 bridgehead atoms. The van der Waals surface area contributed by atoms with E-state index in [4.69, 9.17) is 4.99 Å². The first kappa shape index (κ1) is 25.1. The number of hydrogen-bond acceptors (Lipinski definition) is 3. The Morgan fingerprint density at radius 2 is 1.90 bits per heavy atom. The summed E-state index contributed by atoms with van der Waals surface area (Å²) in [5, 5.41) is 16.4. The van der Waals surface area contributed by atoms with E-state index in [1.54, 1.807) is 0 Å². The summed E-state index contributed by atoms with van der Waals surface area (Å²) in [4.78, 5) is 18.5. The van der Waals surface area contributed by atoms with Gasteiger partial charge in [0.1, 0.15) is 0 Å². The van der Waals surface area contributed by atoms with Crippen LogP contribution in [-0.2, 0) is 17.9 Å². The van der Waals surface area contributed by atoms with Crippen LogP contribution < -0.4 is 10.6 Å². The molecule has 1 saturated heterocycles. The highest BCUT2D eigenvalue weighted by atomic mass is 127. The van der Waals surface area contributed by atoms with Gasteiger partial charge in [0.25, 0.3) is 0 Å². The topological polar surface area (TPSA) is 77.0 Å². The highest BCUT2D eigenvalue weighted by molar-refractivity contribution is 14.0. The first-order valence-corrected chi connectivity index (χ1v) is 10.7. The molecule has 1 atom stereocenters. The van der Waals surface area contributed by atoms with Crippen molar-refractivity contribution in [3.05, 3.63) is 71.3 Å². The summed E-state index contributed by atoms with van der Waals surface area (Å²) in [6, 6.07) is 18.3. The van der Waals surface area contributed by atoms with Crippen LogP contribution in [0.15, 0.2) is 59.6 Å². The van der Waals surface area contributed by atoms with Gasteiger partial charge in [0.2, 0.25) is 5.91 Å². The molecule has 2 aromatic rings. The summed E-state index contributed by atoms with van der Waals surface area (Å²) in [6.07, 6.45) is 1.62. The predicted octanol–water partition coefficient (Wildman–Crippen LogP) is 3.26. The molecule has 2 aromatic carbocycles. The van der Waals surface area contributed by atoms with Crippen molar-refractivity contribution in [1.29, 1.82) is 0 Å². The maximum atomic E-state index is 11.9. The van der Waals surface area contributed by atoms with Crippen molar-refractivity contribution in [2.75, 3.05) is 26.2 Å². The third-order valence-electron chi connectivity index (χ3n) is 5.31. The first-order valence-electron chi connectivity index (χ1n) is 10.7. The average Bonchev–Trinajstić information content (AvgIpc) is 3.17. The van der Waals surface area contributed by atoms with E-state index in [2.05, 4.69) is 28.8 Å². The van der Waals surface area contributed by atoms with Gasteiger partial charge in [0.15, 0.2) is 5.96 Å². The molecule has 31 heavy (non-hydrogen) atoms. The number of benzene rings is 2. The van der Waals surface area contributed by atoms with Gasteiger partial charge in [0, 0.05) is 38.5 Å². The van der Waals surface area contributed by atoms with Crippen molar-refractivity contribution in [2.24, 2.45) is 4.99 Å². The van der Waals surface area contributed by atoms with Gasteiger partial charge in [-0.25, -0.2) is 4.99 Å². The number of aliphatic hydroxyl groups is 1. The van der Waals surface area contributed by atoms with Crippen molar-refractivity contribution in [3.8, 4) is 0 Å². The number of aliphatic imine (C=N–C) groups is 1. The van der Waals surface area contributed by atoms with E-state index in [0.717, 1.165) is 42.2 Å². The monoisotopic (exact) mass is 536 g/mol. The zero-order valence-corrected chi connectivity index (χ0v) is 20.4. The molecule has 0 aromatic heterocycles. The molecule has 3 N–H and O–H groups in total. The number of guanidine groups is 1. The Labute approximate surface area is 202 Å². The van der Waals surface area contributed by atoms with Crippen molar-refractivity contribution >= 4 is 35.8 Å². The number of likely N-dealkylation sites (tertiary alicyclic amines) is 1. The lowest BCUT2D eigenvalue weighted by Crippen LogP contribution is -2.39. The molecule has 7 heteroatoms. The first-order chi connectivity index (χ1) is 14.7. The lowest BCUT2D eigenvalue weighted by molar-refractivity contribution is -0.128. The Morgan fingerprint density at radius 3 is 2.58 bits per heavy atom. The normalized spacial score (nSPS) is 14.8. The van der Waals surface area contributed by atoms with Gasteiger partial charge in [-0.2, -0.15) is 0 Å². The minimum Gasteiger partial charge on any atom is -0.396 e. The standard InChI is InChI=1S/C24H32N4O2.HI/c1-2-25-24(27-16-22(18-29)21-10-4-3-5-11-21)26-15-19-8-6-9-20(14-19)17-28-13-7-12-23(28)30;/h3-6,8-11,14,22,29H,2,7,12-13,15-18H2,1H3,(H2,25,26,27);1H. The number of aliphatic hydroxyl groups excluding tert-OH is 1. The molecule has 1 unspecified atom stereocenters. The molecule has 6 nitrogen and oxygen atoms in total. The molecule has 0 aliphatic carbocycles. The number of nitrogens with zero attached hydrogens (tertiary/aromatic N) is 2. The Hall–Kier alpha value is -2.13. The van der Waals surface area contributed by atoms with Crippen molar-refractivity contribution < 1.29 is 9.90 Å². The fraction of sp³-hybridized carbons (Fsp3) is 0.417. The molecule has 1 aliphatic rings. The fourth-order valence-corrected chi connectivity index (χ4v) is 3.66. The van der Waals surface area contributed by atoms with Crippen LogP contribution in [0.25, 0.3) is 0 Å². The van der Waals surface area contributed by atoms with E-state index in [9.17, 15) is 9.90 Å².